The summed E-state index contributed by atoms with van der Waals surface area (Å²) in [5.74, 6) is -0.598. The first-order valence-corrected chi connectivity index (χ1v) is 7.12. The lowest BCUT2D eigenvalue weighted by Crippen LogP contribution is -2.01. The molecule has 0 aliphatic heterocycles. The van der Waals surface area contributed by atoms with Gasteiger partial charge in [0.2, 0.25) is 0 Å². The number of rotatable bonds is 4. The summed E-state index contributed by atoms with van der Waals surface area (Å²) in [7, 11) is 0. The molecule has 0 fully saturated rings. The van der Waals surface area contributed by atoms with Gasteiger partial charge in [-0.3, -0.25) is 0 Å². The third-order valence-corrected chi connectivity index (χ3v) is 3.98. The van der Waals surface area contributed by atoms with E-state index >= 15 is 0 Å². The lowest BCUT2D eigenvalue weighted by Gasteiger charge is -2.11. The SMILES string of the molecule is O=C(O)c1ccc(Br)c(OCc2c(Cl)cccc2Cl)c1. The fraction of sp³-hybridized carbons (Fsp3) is 0.0714. The van der Waals surface area contributed by atoms with E-state index in [0.717, 1.165) is 0 Å². The first-order valence-electron chi connectivity index (χ1n) is 5.57. The van der Waals surface area contributed by atoms with E-state index < -0.39 is 5.97 Å². The first-order chi connectivity index (χ1) is 9.49. The fourth-order valence-corrected chi connectivity index (χ4v) is 2.43. The van der Waals surface area contributed by atoms with Crippen LogP contribution in [0.1, 0.15) is 15.9 Å². The second kappa shape index (κ2) is 6.48. The second-order valence-electron chi connectivity index (χ2n) is 3.94. The summed E-state index contributed by atoms with van der Waals surface area (Å²) >= 11 is 15.4. The molecule has 104 valence electrons. The van der Waals surface area contributed by atoms with Gasteiger partial charge in [0, 0.05) is 15.6 Å². The number of ether oxygens (including phenoxy) is 1. The van der Waals surface area contributed by atoms with Gasteiger partial charge >= 0.3 is 5.97 Å². The zero-order chi connectivity index (χ0) is 14.7. The van der Waals surface area contributed by atoms with E-state index in [1.54, 1.807) is 24.3 Å². The molecule has 2 aromatic rings. The monoisotopic (exact) mass is 374 g/mol. The van der Waals surface area contributed by atoms with Crippen molar-refractivity contribution in [2.45, 2.75) is 6.61 Å². The molecular formula is C14H9BrCl2O3. The maximum atomic E-state index is 10.9. The van der Waals surface area contributed by atoms with Gasteiger partial charge < -0.3 is 9.84 Å². The summed E-state index contributed by atoms with van der Waals surface area (Å²) in [6.45, 7) is 0.153. The highest BCUT2D eigenvalue weighted by Gasteiger charge is 2.10. The van der Waals surface area contributed by atoms with Crippen LogP contribution in [-0.4, -0.2) is 11.1 Å². The van der Waals surface area contributed by atoms with Crippen LogP contribution in [0.15, 0.2) is 40.9 Å². The Kier molecular flexibility index (Phi) is 4.91. The van der Waals surface area contributed by atoms with Crippen LogP contribution < -0.4 is 4.74 Å². The smallest absolute Gasteiger partial charge is 0.335 e. The Morgan fingerprint density at radius 1 is 1.20 bits per heavy atom. The molecule has 0 heterocycles. The number of hydrogen-bond acceptors (Lipinski definition) is 2. The van der Waals surface area contributed by atoms with Gasteiger partial charge in [-0.15, -0.1) is 0 Å². The highest BCUT2D eigenvalue weighted by molar-refractivity contribution is 9.10. The average molecular weight is 376 g/mol. The van der Waals surface area contributed by atoms with Crippen molar-refractivity contribution in [3.8, 4) is 5.75 Å². The molecular weight excluding hydrogens is 367 g/mol. The van der Waals surface area contributed by atoms with Gasteiger partial charge in [-0.05, 0) is 46.3 Å². The second-order valence-corrected chi connectivity index (χ2v) is 5.61. The molecule has 20 heavy (non-hydrogen) atoms. The summed E-state index contributed by atoms with van der Waals surface area (Å²) in [5, 5.41) is 9.97. The van der Waals surface area contributed by atoms with E-state index in [2.05, 4.69) is 15.9 Å². The van der Waals surface area contributed by atoms with Crippen LogP contribution in [0.2, 0.25) is 10.0 Å². The van der Waals surface area contributed by atoms with Crippen LogP contribution in [0.3, 0.4) is 0 Å². The topological polar surface area (TPSA) is 46.5 Å². The summed E-state index contributed by atoms with van der Waals surface area (Å²) in [4.78, 5) is 10.9. The van der Waals surface area contributed by atoms with Gasteiger partial charge in [0.05, 0.1) is 10.0 Å². The Morgan fingerprint density at radius 2 is 1.85 bits per heavy atom. The number of carbonyl (C=O) groups is 1. The van der Waals surface area contributed by atoms with Crippen LogP contribution >= 0.6 is 39.1 Å². The van der Waals surface area contributed by atoms with Gasteiger partial charge in [0.25, 0.3) is 0 Å². The number of aromatic carboxylic acids is 1. The largest absolute Gasteiger partial charge is 0.488 e. The standard InChI is InChI=1S/C14H9BrCl2O3/c15-10-5-4-8(14(18)19)6-13(10)20-7-9-11(16)2-1-3-12(9)17/h1-6H,7H2,(H,18,19). The number of carboxylic acids is 1. The lowest BCUT2D eigenvalue weighted by molar-refractivity contribution is 0.0696. The number of hydrogen-bond donors (Lipinski definition) is 1. The number of benzene rings is 2. The summed E-state index contributed by atoms with van der Waals surface area (Å²) in [6.07, 6.45) is 0. The molecule has 0 radical (unpaired) electrons. The molecule has 0 aromatic heterocycles. The fourth-order valence-electron chi connectivity index (χ4n) is 1.57. The zero-order valence-electron chi connectivity index (χ0n) is 10.1. The summed E-state index contributed by atoms with van der Waals surface area (Å²) < 4.78 is 6.25. The van der Waals surface area contributed by atoms with Crippen molar-refractivity contribution in [2.24, 2.45) is 0 Å². The van der Waals surface area contributed by atoms with Crippen molar-refractivity contribution in [1.82, 2.24) is 0 Å². The molecule has 0 spiro atoms. The maximum Gasteiger partial charge on any atom is 0.335 e. The van der Waals surface area contributed by atoms with Crippen molar-refractivity contribution in [2.75, 3.05) is 0 Å². The highest BCUT2D eigenvalue weighted by Crippen LogP contribution is 2.30. The Morgan fingerprint density at radius 3 is 2.45 bits per heavy atom. The Balaban J connectivity index is 2.23. The normalized spacial score (nSPS) is 10.3. The van der Waals surface area contributed by atoms with Crippen molar-refractivity contribution in [3.05, 3.63) is 62.0 Å². The quantitative estimate of drug-likeness (QED) is 0.814. The molecule has 0 saturated carbocycles. The van der Waals surface area contributed by atoms with E-state index in [9.17, 15) is 4.79 Å². The molecule has 3 nitrogen and oxygen atoms in total. The lowest BCUT2D eigenvalue weighted by atomic mass is 10.2. The van der Waals surface area contributed by atoms with Gasteiger partial charge in [-0.1, -0.05) is 29.3 Å². The van der Waals surface area contributed by atoms with Crippen molar-refractivity contribution in [1.29, 1.82) is 0 Å². The third-order valence-electron chi connectivity index (χ3n) is 2.61. The zero-order valence-corrected chi connectivity index (χ0v) is 13.2. The minimum absolute atomic E-state index is 0.147. The van der Waals surface area contributed by atoms with Gasteiger partial charge in [0.15, 0.2) is 0 Å². The molecule has 6 heteroatoms. The third kappa shape index (κ3) is 3.45. The predicted octanol–water partition coefficient (Wildman–Crippen LogP) is 5.03. The van der Waals surface area contributed by atoms with Crippen molar-refractivity contribution in [3.63, 3.8) is 0 Å². The van der Waals surface area contributed by atoms with E-state index in [0.29, 0.717) is 25.8 Å². The van der Waals surface area contributed by atoms with Gasteiger partial charge in [-0.2, -0.15) is 0 Å². The van der Waals surface area contributed by atoms with E-state index in [1.165, 1.54) is 12.1 Å². The van der Waals surface area contributed by atoms with Crippen molar-refractivity contribution < 1.29 is 14.6 Å². The Labute approximate surface area is 134 Å². The highest BCUT2D eigenvalue weighted by atomic mass is 79.9. The Hall–Kier alpha value is -1.23. The van der Waals surface area contributed by atoms with Gasteiger partial charge in [0.1, 0.15) is 12.4 Å². The molecule has 0 amide bonds. The van der Waals surface area contributed by atoms with Gasteiger partial charge in [-0.25, -0.2) is 4.79 Å². The number of carboxylic acid groups (broad SMARTS) is 1. The van der Waals surface area contributed by atoms with Crippen LogP contribution in [0.25, 0.3) is 0 Å². The molecule has 0 bridgehead atoms. The molecule has 0 aliphatic carbocycles. The van der Waals surface area contributed by atoms with E-state index in [1.807, 2.05) is 0 Å². The minimum Gasteiger partial charge on any atom is -0.488 e. The molecule has 1 N–H and O–H groups in total. The van der Waals surface area contributed by atoms with E-state index in [-0.39, 0.29) is 12.2 Å². The molecule has 0 atom stereocenters. The van der Waals surface area contributed by atoms with Crippen LogP contribution in [0.4, 0.5) is 0 Å². The van der Waals surface area contributed by atoms with Crippen LogP contribution in [0.5, 0.6) is 5.75 Å². The Bertz CT molecular complexity index is 639. The molecule has 0 aliphatic rings. The molecule has 0 saturated heterocycles. The van der Waals surface area contributed by atoms with E-state index in [4.69, 9.17) is 33.0 Å². The van der Waals surface area contributed by atoms with Crippen molar-refractivity contribution >= 4 is 45.1 Å². The van der Waals surface area contributed by atoms with Crippen LogP contribution in [0, 0.1) is 0 Å². The number of halogens is 3. The molecule has 0 unspecified atom stereocenters. The minimum atomic E-state index is -1.02. The first kappa shape index (κ1) is 15.2. The summed E-state index contributed by atoms with van der Waals surface area (Å²) in [6, 6.07) is 9.73. The predicted molar refractivity (Wildman–Crippen MR) is 81.9 cm³/mol. The molecule has 2 aromatic carbocycles. The summed E-state index contributed by atoms with van der Waals surface area (Å²) in [5.41, 5.74) is 0.803. The maximum absolute atomic E-state index is 10.9. The average Bonchev–Trinajstić information content (AvgIpc) is 2.39. The molecule has 2 rings (SSSR count). The van der Waals surface area contributed by atoms with Crippen LogP contribution in [-0.2, 0) is 6.61 Å².